The molecule has 1 N–H and O–H groups in total. The maximum Gasteiger partial charge on any atom is 0.266 e. The molecule has 3 aromatic rings. The van der Waals surface area contributed by atoms with Gasteiger partial charge in [0, 0.05) is 40.3 Å². The summed E-state index contributed by atoms with van der Waals surface area (Å²) < 4.78 is 6.52. The molecule has 0 fully saturated rings. The molecule has 0 aliphatic heterocycles. The number of rotatable bonds is 7. The molecular weight excluding hydrogens is 413 g/mol. The molecule has 150 valence electrons. The molecule has 0 spiro atoms. The lowest BCUT2D eigenvalue weighted by Gasteiger charge is -2.09. The van der Waals surface area contributed by atoms with Crippen LogP contribution in [0.15, 0.2) is 59.4 Å². The van der Waals surface area contributed by atoms with Crippen LogP contribution in [0.3, 0.4) is 0 Å². The van der Waals surface area contributed by atoms with E-state index in [2.05, 4.69) is 10.4 Å². The Bertz CT molecular complexity index is 1050. The van der Waals surface area contributed by atoms with E-state index in [1.807, 2.05) is 24.3 Å². The number of carbonyl (C=O) groups excluding carboxylic acids is 1. The van der Waals surface area contributed by atoms with Crippen molar-refractivity contribution in [1.82, 2.24) is 9.78 Å². The zero-order valence-electron chi connectivity index (χ0n) is 15.7. The summed E-state index contributed by atoms with van der Waals surface area (Å²) in [5.41, 5.74) is 1.86. The maximum absolute atomic E-state index is 12.1. The zero-order chi connectivity index (χ0) is 20.8. The van der Waals surface area contributed by atoms with E-state index in [0.29, 0.717) is 34.4 Å². The molecule has 0 radical (unpaired) electrons. The van der Waals surface area contributed by atoms with Gasteiger partial charge in [-0.15, -0.1) is 0 Å². The van der Waals surface area contributed by atoms with Crippen LogP contribution in [0.2, 0.25) is 10.0 Å². The standard InChI is InChI=1S/C21H19Cl2N3O3/c1-29-18-6-4-14(5-7-18)19-8-9-21(28)26(25-19)10-2-3-20(27)24-17-12-15(22)11-16(23)13-17/h4-9,11-13H,2-3,10H2,1H3,(H,24,27). The molecule has 0 saturated heterocycles. The summed E-state index contributed by atoms with van der Waals surface area (Å²) >= 11 is 11.9. The first-order valence-electron chi connectivity index (χ1n) is 8.93. The Hall–Kier alpha value is -2.83. The molecule has 8 heteroatoms. The number of aryl methyl sites for hydroxylation is 1. The molecule has 0 bridgehead atoms. The van der Waals surface area contributed by atoms with Crippen molar-refractivity contribution in [3.8, 4) is 17.0 Å². The number of benzene rings is 2. The van der Waals surface area contributed by atoms with Gasteiger partial charge in [0.05, 0.1) is 12.8 Å². The highest BCUT2D eigenvalue weighted by molar-refractivity contribution is 6.35. The van der Waals surface area contributed by atoms with Crippen molar-refractivity contribution in [3.05, 3.63) is 75.0 Å². The fraction of sp³-hybridized carbons (Fsp3) is 0.190. The number of halogens is 2. The van der Waals surface area contributed by atoms with Crippen LogP contribution in [-0.4, -0.2) is 22.8 Å². The van der Waals surface area contributed by atoms with Crippen LogP contribution in [0.4, 0.5) is 5.69 Å². The van der Waals surface area contributed by atoms with Crippen molar-refractivity contribution in [2.45, 2.75) is 19.4 Å². The number of anilines is 1. The van der Waals surface area contributed by atoms with Gasteiger partial charge in [-0.1, -0.05) is 23.2 Å². The molecule has 3 rings (SSSR count). The van der Waals surface area contributed by atoms with E-state index in [1.165, 1.54) is 10.7 Å². The summed E-state index contributed by atoms with van der Waals surface area (Å²) in [5.74, 6) is 0.553. The fourth-order valence-corrected chi connectivity index (χ4v) is 3.29. The average molecular weight is 432 g/mol. The number of nitrogens with zero attached hydrogens (tertiary/aromatic N) is 2. The van der Waals surface area contributed by atoms with E-state index in [9.17, 15) is 9.59 Å². The number of methoxy groups -OCH3 is 1. The number of hydrogen-bond acceptors (Lipinski definition) is 4. The summed E-state index contributed by atoms with van der Waals surface area (Å²) in [7, 11) is 1.60. The predicted octanol–water partition coefficient (Wildman–Crippen LogP) is 4.64. The number of hydrogen-bond donors (Lipinski definition) is 1. The number of aromatic nitrogens is 2. The van der Waals surface area contributed by atoms with Crippen molar-refractivity contribution in [2.75, 3.05) is 12.4 Å². The molecule has 0 atom stereocenters. The average Bonchev–Trinajstić information content (AvgIpc) is 2.68. The second-order valence-corrected chi connectivity index (χ2v) is 7.19. The Morgan fingerprint density at radius 1 is 1.07 bits per heavy atom. The monoisotopic (exact) mass is 431 g/mol. The van der Waals surface area contributed by atoms with Gasteiger partial charge in [-0.25, -0.2) is 4.68 Å². The minimum absolute atomic E-state index is 0.192. The largest absolute Gasteiger partial charge is 0.497 e. The van der Waals surface area contributed by atoms with E-state index >= 15 is 0 Å². The van der Waals surface area contributed by atoms with Crippen molar-refractivity contribution in [2.24, 2.45) is 0 Å². The number of nitrogens with one attached hydrogen (secondary N) is 1. The van der Waals surface area contributed by atoms with E-state index in [1.54, 1.807) is 31.4 Å². The van der Waals surface area contributed by atoms with Gasteiger partial charge >= 0.3 is 0 Å². The Balaban J connectivity index is 1.61. The molecule has 29 heavy (non-hydrogen) atoms. The van der Waals surface area contributed by atoms with Crippen LogP contribution < -0.4 is 15.6 Å². The first kappa shape index (κ1) is 20.9. The Kier molecular flexibility index (Phi) is 6.90. The van der Waals surface area contributed by atoms with Crippen molar-refractivity contribution in [1.29, 1.82) is 0 Å². The van der Waals surface area contributed by atoms with Gasteiger partial charge in [-0.2, -0.15) is 5.10 Å². The lowest BCUT2D eigenvalue weighted by molar-refractivity contribution is -0.116. The molecule has 6 nitrogen and oxygen atoms in total. The number of amides is 1. The van der Waals surface area contributed by atoms with Crippen LogP contribution >= 0.6 is 23.2 Å². The van der Waals surface area contributed by atoms with Gasteiger partial charge in [-0.05, 0) is 55.0 Å². The van der Waals surface area contributed by atoms with Crippen LogP contribution in [-0.2, 0) is 11.3 Å². The summed E-state index contributed by atoms with van der Waals surface area (Å²) in [6.45, 7) is 0.326. The molecule has 0 aliphatic rings. The smallest absolute Gasteiger partial charge is 0.266 e. The highest BCUT2D eigenvalue weighted by atomic mass is 35.5. The van der Waals surface area contributed by atoms with Gasteiger partial charge in [0.1, 0.15) is 5.75 Å². The summed E-state index contributed by atoms with van der Waals surface area (Å²) in [6.07, 6.45) is 0.685. The minimum atomic E-state index is -0.218. The van der Waals surface area contributed by atoms with E-state index in [-0.39, 0.29) is 17.9 Å². The summed E-state index contributed by atoms with van der Waals surface area (Å²) in [4.78, 5) is 24.2. The minimum Gasteiger partial charge on any atom is -0.497 e. The third kappa shape index (κ3) is 5.82. The van der Waals surface area contributed by atoms with Crippen LogP contribution in [0, 0.1) is 0 Å². The van der Waals surface area contributed by atoms with Gasteiger partial charge in [-0.3, -0.25) is 9.59 Å². The predicted molar refractivity (Wildman–Crippen MR) is 115 cm³/mol. The third-order valence-corrected chi connectivity index (χ3v) is 4.61. The van der Waals surface area contributed by atoms with Gasteiger partial charge in [0.2, 0.25) is 5.91 Å². The summed E-state index contributed by atoms with van der Waals surface area (Å²) in [5, 5.41) is 8.03. The quantitative estimate of drug-likeness (QED) is 0.590. The third-order valence-electron chi connectivity index (χ3n) is 4.17. The molecular formula is C21H19Cl2N3O3. The van der Waals surface area contributed by atoms with Crippen LogP contribution in [0.1, 0.15) is 12.8 Å². The Labute approximate surface area is 178 Å². The molecule has 1 heterocycles. The van der Waals surface area contributed by atoms with Crippen LogP contribution in [0.5, 0.6) is 5.75 Å². The lowest BCUT2D eigenvalue weighted by atomic mass is 10.1. The highest BCUT2D eigenvalue weighted by Crippen LogP contribution is 2.23. The highest BCUT2D eigenvalue weighted by Gasteiger charge is 2.07. The lowest BCUT2D eigenvalue weighted by Crippen LogP contribution is -2.23. The van der Waals surface area contributed by atoms with Gasteiger partial charge in [0.25, 0.3) is 5.56 Å². The second-order valence-electron chi connectivity index (χ2n) is 6.32. The molecule has 0 aliphatic carbocycles. The van der Waals surface area contributed by atoms with Crippen molar-refractivity contribution >= 4 is 34.8 Å². The van der Waals surface area contributed by atoms with E-state index in [0.717, 1.165) is 11.3 Å². The fourth-order valence-electron chi connectivity index (χ4n) is 2.76. The summed E-state index contributed by atoms with van der Waals surface area (Å²) in [6, 6.07) is 15.4. The van der Waals surface area contributed by atoms with E-state index < -0.39 is 0 Å². The van der Waals surface area contributed by atoms with E-state index in [4.69, 9.17) is 27.9 Å². The molecule has 1 amide bonds. The number of ether oxygens (including phenoxy) is 1. The van der Waals surface area contributed by atoms with Gasteiger partial charge < -0.3 is 10.1 Å². The molecule has 2 aromatic carbocycles. The normalized spacial score (nSPS) is 10.6. The zero-order valence-corrected chi connectivity index (χ0v) is 17.2. The topological polar surface area (TPSA) is 73.2 Å². The molecule has 1 aromatic heterocycles. The number of carbonyl (C=O) groups is 1. The van der Waals surface area contributed by atoms with Crippen molar-refractivity contribution < 1.29 is 9.53 Å². The van der Waals surface area contributed by atoms with Crippen molar-refractivity contribution in [3.63, 3.8) is 0 Å². The first-order valence-corrected chi connectivity index (χ1v) is 9.69. The Morgan fingerprint density at radius 2 is 1.76 bits per heavy atom. The Morgan fingerprint density at radius 3 is 2.41 bits per heavy atom. The molecule has 0 unspecified atom stereocenters. The first-order chi connectivity index (χ1) is 13.9. The maximum atomic E-state index is 12.1. The second kappa shape index (κ2) is 9.58. The SMILES string of the molecule is COc1ccc(-c2ccc(=O)n(CCCC(=O)Nc3cc(Cl)cc(Cl)c3)n2)cc1. The molecule has 0 saturated carbocycles. The van der Waals surface area contributed by atoms with Gasteiger partial charge in [0.15, 0.2) is 0 Å². The van der Waals surface area contributed by atoms with Crippen LogP contribution in [0.25, 0.3) is 11.3 Å².